The van der Waals surface area contributed by atoms with E-state index in [-0.39, 0.29) is 6.04 Å². The van der Waals surface area contributed by atoms with E-state index in [1.165, 1.54) is 6.33 Å². The molecule has 3 heterocycles. The lowest BCUT2D eigenvalue weighted by atomic mass is 10.2. The number of fused-ring (bicyclic) bond motifs is 1. The van der Waals surface area contributed by atoms with Gasteiger partial charge in [-0.25, -0.2) is 9.97 Å². The van der Waals surface area contributed by atoms with Crippen LogP contribution in [0.3, 0.4) is 0 Å². The van der Waals surface area contributed by atoms with Gasteiger partial charge in [0, 0.05) is 23.3 Å². The molecule has 0 bridgehead atoms. The molecule has 0 aliphatic carbocycles. The van der Waals surface area contributed by atoms with Crippen molar-refractivity contribution in [3.63, 3.8) is 0 Å². The van der Waals surface area contributed by atoms with E-state index in [2.05, 4.69) is 26.1 Å². The molecule has 0 saturated heterocycles. The SMILES string of the molecule is C[C@@H](CC#N)n1cc(-c2ncnc3[nH]ccc23)cn1. The second-order valence-electron chi connectivity index (χ2n) is 4.38. The number of nitrogens with zero attached hydrogens (tertiary/aromatic N) is 5. The Morgan fingerprint density at radius 2 is 2.37 bits per heavy atom. The van der Waals surface area contributed by atoms with Gasteiger partial charge in [0.1, 0.15) is 12.0 Å². The molecule has 6 nitrogen and oxygen atoms in total. The lowest BCUT2D eigenvalue weighted by Crippen LogP contribution is -2.04. The van der Waals surface area contributed by atoms with Crippen LogP contribution >= 0.6 is 0 Å². The first-order valence-electron chi connectivity index (χ1n) is 5.99. The van der Waals surface area contributed by atoms with Gasteiger partial charge >= 0.3 is 0 Å². The zero-order valence-electron chi connectivity index (χ0n) is 10.4. The average molecular weight is 252 g/mol. The zero-order valence-corrected chi connectivity index (χ0v) is 10.4. The molecule has 3 rings (SSSR count). The van der Waals surface area contributed by atoms with E-state index in [1.54, 1.807) is 10.9 Å². The third-order valence-electron chi connectivity index (χ3n) is 3.07. The van der Waals surface area contributed by atoms with Crippen LogP contribution in [-0.2, 0) is 0 Å². The monoisotopic (exact) mass is 252 g/mol. The lowest BCUT2D eigenvalue weighted by Gasteiger charge is -2.06. The molecule has 6 heteroatoms. The van der Waals surface area contributed by atoms with Crippen LogP contribution in [0.2, 0.25) is 0 Å². The molecule has 19 heavy (non-hydrogen) atoms. The van der Waals surface area contributed by atoms with Gasteiger partial charge in [0.15, 0.2) is 0 Å². The molecule has 0 aromatic carbocycles. The topological polar surface area (TPSA) is 83.2 Å². The Kier molecular flexibility index (Phi) is 2.72. The fourth-order valence-electron chi connectivity index (χ4n) is 2.03. The fourth-order valence-corrected chi connectivity index (χ4v) is 2.03. The Morgan fingerprint density at radius 1 is 1.47 bits per heavy atom. The van der Waals surface area contributed by atoms with E-state index in [0.717, 1.165) is 22.3 Å². The van der Waals surface area contributed by atoms with Crippen molar-refractivity contribution in [2.75, 3.05) is 0 Å². The van der Waals surface area contributed by atoms with Gasteiger partial charge in [-0.3, -0.25) is 4.68 Å². The number of nitriles is 1. The van der Waals surface area contributed by atoms with E-state index in [9.17, 15) is 0 Å². The Labute approximate surface area is 109 Å². The van der Waals surface area contributed by atoms with Gasteiger partial charge in [-0.1, -0.05) is 0 Å². The van der Waals surface area contributed by atoms with Crippen LogP contribution in [-0.4, -0.2) is 24.7 Å². The molecule has 94 valence electrons. The summed E-state index contributed by atoms with van der Waals surface area (Å²) in [5.74, 6) is 0. The first-order valence-corrected chi connectivity index (χ1v) is 5.99. The molecular formula is C13H12N6. The van der Waals surface area contributed by atoms with Crippen LogP contribution < -0.4 is 0 Å². The van der Waals surface area contributed by atoms with Gasteiger partial charge in [-0.15, -0.1) is 0 Å². The lowest BCUT2D eigenvalue weighted by molar-refractivity contribution is 0.500. The van der Waals surface area contributed by atoms with Crippen molar-refractivity contribution in [3.8, 4) is 17.3 Å². The van der Waals surface area contributed by atoms with E-state index in [0.29, 0.717) is 6.42 Å². The minimum Gasteiger partial charge on any atom is -0.346 e. The van der Waals surface area contributed by atoms with Crippen LogP contribution in [0.4, 0.5) is 0 Å². The maximum absolute atomic E-state index is 8.72. The smallest absolute Gasteiger partial charge is 0.141 e. The number of nitrogens with one attached hydrogen (secondary N) is 1. The molecule has 1 N–H and O–H groups in total. The van der Waals surface area contributed by atoms with Gasteiger partial charge in [-0.05, 0) is 13.0 Å². The summed E-state index contributed by atoms with van der Waals surface area (Å²) < 4.78 is 1.79. The highest BCUT2D eigenvalue weighted by molar-refractivity contribution is 5.89. The number of H-pyrrole nitrogens is 1. The van der Waals surface area contributed by atoms with Crippen molar-refractivity contribution in [2.45, 2.75) is 19.4 Å². The molecule has 3 aromatic heterocycles. The predicted molar refractivity (Wildman–Crippen MR) is 70.1 cm³/mol. The number of aromatic amines is 1. The third kappa shape index (κ3) is 1.95. The molecule has 0 saturated carbocycles. The number of hydrogen-bond donors (Lipinski definition) is 1. The zero-order chi connectivity index (χ0) is 13.2. The Hall–Kier alpha value is -2.68. The first kappa shape index (κ1) is 11.4. The largest absolute Gasteiger partial charge is 0.346 e. The minimum atomic E-state index is 0.0577. The Bertz CT molecular complexity index is 748. The van der Waals surface area contributed by atoms with Crippen molar-refractivity contribution in [2.24, 2.45) is 0 Å². The summed E-state index contributed by atoms with van der Waals surface area (Å²) in [7, 11) is 0. The van der Waals surface area contributed by atoms with Crippen molar-refractivity contribution in [3.05, 3.63) is 31.0 Å². The summed E-state index contributed by atoms with van der Waals surface area (Å²) in [5.41, 5.74) is 2.58. The van der Waals surface area contributed by atoms with Crippen LogP contribution in [0.1, 0.15) is 19.4 Å². The highest BCUT2D eigenvalue weighted by atomic mass is 15.3. The highest BCUT2D eigenvalue weighted by Gasteiger charge is 2.11. The molecule has 3 aromatic rings. The van der Waals surface area contributed by atoms with Crippen LogP contribution in [0.25, 0.3) is 22.3 Å². The van der Waals surface area contributed by atoms with Crippen LogP contribution in [0.15, 0.2) is 31.0 Å². The molecule has 0 amide bonds. The summed E-state index contributed by atoms with van der Waals surface area (Å²) >= 11 is 0. The number of aromatic nitrogens is 5. The fraction of sp³-hybridized carbons (Fsp3) is 0.231. The predicted octanol–water partition coefficient (Wildman–Crippen LogP) is 2.30. The van der Waals surface area contributed by atoms with Gasteiger partial charge in [0.05, 0.1) is 30.4 Å². The summed E-state index contributed by atoms with van der Waals surface area (Å²) in [5, 5.41) is 14.0. The van der Waals surface area contributed by atoms with Gasteiger partial charge in [-0.2, -0.15) is 10.4 Å². The molecule has 0 aliphatic heterocycles. The van der Waals surface area contributed by atoms with Crippen LogP contribution in [0.5, 0.6) is 0 Å². The normalized spacial score (nSPS) is 12.4. The quantitative estimate of drug-likeness (QED) is 0.775. The summed E-state index contributed by atoms with van der Waals surface area (Å²) in [6.45, 7) is 1.96. The number of rotatable bonds is 3. The second-order valence-corrected chi connectivity index (χ2v) is 4.38. The van der Waals surface area contributed by atoms with Crippen molar-refractivity contribution >= 4 is 11.0 Å². The Morgan fingerprint density at radius 3 is 3.21 bits per heavy atom. The summed E-state index contributed by atoms with van der Waals surface area (Å²) in [6, 6.07) is 4.15. The second kappa shape index (κ2) is 4.53. The van der Waals surface area contributed by atoms with Gasteiger partial charge in [0.2, 0.25) is 0 Å². The van der Waals surface area contributed by atoms with Gasteiger partial charge in [0.25, 0.3) is 0 Å². The average Bonchev–Trinajstić information content (AvgIpc) is 3.07. The van der Waals surface area contributed by atoms with E-state index in [4.69, 9.17) is 5.26 Å². The van der Waals surface area contributed by atoms with E-state index >= 15 is 0 Å². The molecule has 0 unspecified atom stereocenters. The van der Waals surface area contributed by atoms with Crippen molar-refractivity contribution < 1.29 is 0 Å². The molecule has 0 aliphatic rings. The molecular weight excluding hydrogens is 240 g/mol. The third-order valence-corrected chi connectivity index (χ3v) is 3.07. The molecule has 0 fully saturated rings. The highest BCUT2D eigenvalue weighted by Crippen LogP contribution is 2.25. The summed E-state index contributed by atoms with van der Waals surface area (Å²) in [4.78, 5) is 11.5. The molecule has 0 spiro atoms. The molecule has 1 atom stereocenters. The van der Waals surface area contributed by atoms with E-state index < -0.39 is 0 Å². The van der Waals surface area contributed by atoms with Crippen molar-refractivity contribution in [1.29, 1.82) is 5.26 Å². The minimum absolute atomic E-state index is 0.0577. The standard InChI is InChI=1S/C13H12N6/c1-9(2-4-14)19-7-10(6-18-19)12-11-3-5-15-13(11)17-8-16-12/h3,5-9H,2H2,1H3,(H,15,16,17)/t9-/m0/s1. The first-order chi connectivity index (χ1) is 9.29. The van der Waals surface area contributed by atoms with Crippen molar-refractivity contribution in [1.82, 2.24) is 24.7 Å². The maximum Gasteiger partial charge on any atom is 0.141 e. The number of hydrogen-bond acceptors (Lipinski definition) is 4. The van der Waals surface area contributed by atoms with Crippen LogP contribution in [0, 0.1) is 11.3 Å². The van der Waals surface area contributed by atoms with E-state index in [1.807, 2.05) is 25.4 Å². The summed E-state index contributed by atoms with van der Waals surface area (Å²) in [6.07, 6.45) is 7.49. The maximum atomic E-state index is 8.72. The molecule has 0 radical (unpaired) electrons. The van der Waals surface area contributed by atoms with Gasteiger partial charge < -0.3 is 4.98 Å². The Balaban J connectivity index is 2.03.